The molecule has 2 aromatic carbocycles. The first-order valence-electron chi connectivity index (χ1n) is 5.06. The summed E-state index contributed by atoms with van der Waals surface area (Å²) in [4.78, 5) is 4.19. The van der Waals surface area contributed by atoms with Crippen molar-refractivity contribution in [1.29, 1.82) is 0 Å². The van der Waals surface area contributed by atoms with E-state index < -0.39 is 0 Å². The van der Waals surface area contributed by atoms with Gasteiger partial charge >= 0.3 is 0 Å². The van der Waals surface area contributed by atoms with Gasteiger partial charge in [-0.3, -0.25) is 0 Å². The Bertz CT molecular complexity index is 812. The molecular formula is C13H7NOS. The lowest BCUT2D eigenvalue weighted by atomic mass is 10.1. The van der Waals surface area contributed by atoms with Gasteiger partial charge in [-0.2, -0.15) is 0 Å². The second-order valence-corrected chi connectivity index (χ2v) is 4.85. The van der Waals surface area contributed by atoms with E-state index in [1.807, 2.05) is 0 Å². The van der Waals surface area contributed by atoms with Crippen LogP contribution in [-0.4, -0.2) is 4.98 Å². The highest BCUT2D eigenvalue weighted by atomic mass is 32.1. The van der Waals surface area contributed by atoms with Gasteiger partial charge in [0.05, 0.1) is 0 Å². The molecule has 76 valence electrons. The summed E-state index contributed by atoms with van der Waals surface area (Å²) in [6.45, 7) is 0. The second kappa shape index (κ2) is 2.83. The summed E-state index contributed by atoms with van der Waals surface area (Å²) in [7, 11) is 0. The molecule has 0 radical (unpaired) electrons. The van der Waals surface area contributed by atoms with Crippen LogP contribution in [0.2, 0.25) is 0 Å². The highest BCUT2D eigenvalue weighted by Gasteiger charge is 2.07. The van der Waals surface area contributed by atoms with E-state index in [-0.39, 0.29) is 0 Å². The minimum absolute atomic E-state index is 0.860. The second-order valence-electron chi connectivity index (χ2n) is 3.77. The molecule has 0 bridgehead atoms. The molecule has 0 amide bonds. The molecule has 2 heterocycles. The Kier molecular flexibility index (Phi) is 1.47. The predicted molar refractivity (Wildman–Crippen MR) is 66.9 cm³/mol. The van der Waals surface area contributed by atoms with Crippen LogP contribution in [0.1, 0.15) is 0 Å². The Morgan fingerprint density at radius 1 is 1.00 bits per heavy atom. The number of hydrogen-bond acceptors (Lipinski definition) is 3. The maximum Gasteiger partial charge on any atom is 0.181 e. The van der Waals surface area contributed by atoms with E-state index in [0.29, 0.717) is 0 Å². The zero-order valence-electron chi connectivity index (χ0n) is 8.31. The van der Waals surface area contributed by atoms with E-state index in [0.717, 1.165) is 11.1 Å². The van der Waals surface area contributed by atoms with Gasteiger partial charge in [0.1, 0.15) is 5.52 Å². The Morgan fingerprint density at radius 3 is 2.94 bits per heavy atom. The predicted octanol–water partition coefficient (Wildman–Crippen LogP) is 4.20. The van der Waals surface area contributed by atoms with E-state index in [1.54, 1.807) is 11.3 Å². The van der Waals surface area contributed by atoms with Gasteiger partial charge in [0, 0.05) is 26.2 Å². The fourth-order valence-electron chi connectivity index (χ4n) is 2.08. The summed E-state index contributed by atoms with van der Waals surface area (Å²) in [5.74, 6) is 0. The first-order chi connectivity index (χ1) is 7.92. The summed E-state index contributed by atoms with van der Waals surface area (Å²) < 4.78 is 7.88. The SMILES string of the molecule is c1ccc2c(c1)sc1cc3ocnc3cc12. The Labute approximate surface area is 95.1 Å². The van der Waals surface area contributed by atoms with Crippen molar-refractivity contribution in [2.24, 2.45) is 0 Å². The van der Waals surface area contributed by atoms with Gasteiger partial charge in [-0.1, -0.05) is 18.2 Å². The van der Waals surface area contributed by atoms with Crippen LogP contribution < -0.4 is 0 Å². The Morgan fingerprint density at radius 2 is 1.94 bits per heavy atom. The average Bonchev–Trinajstić information content (AvgIpc) is 2.88. The maximum absolute atomic E-state index is 5.32. The number of hydrogen-bond donors (Lipinski definition) is 0. The molecule has 0 fully saturated rings. The molecule has 4 rings (SSSR count). The van der Waals surface area contributed by atoms with Crippen molar-refractivity contribution in [3.63, 3.8) is 0 Å². The van der Waals surface area contributed by atoms with Crippen molar-refractivity contribution in [2.75, 3.05) is 0 Å². The van der Waals surface area contributed by atoms with Crippen LogP contribution in [0.3, 0.4) is 0 Å². The van der Waals surface area contributed by atoms with E-state index in [1.165, 1.54) is 26.6 Å². The molecule has 0 aliphatic carbocycles. The van der Waals surface area contributed by atoms with Gasteiger partial charge in [-0.25, -0.2) is 4.98 Å². The van der Waals surface area contributed by atoms with Crippen LogP contribution in [-0.2, 0) is 0 Å². The van der Waals surface area contributed by atoms with Crippen LogP contribution in [0.4, 0.5) is 0 Å². The van der Waals surface area contributed by atoms with Crippen molar-refractivity contribution in [3.05, 3.63) is 42.8 Å². The molecule has 4 aromatic rings. The lowest BCUT2D eigenvalue weighted by Gasteiger charge is -1.90. The number of fused-ring (bicyclic) bond motifs is 4. The van der Waals surface area contributed by atoms with Gasteiger partial charge in [-0.05, 0) is 12.1 Å². The number of thiophene rings is 1. The largest absolute Gasteiger partial charge is 0.443 e. The molecule has 0 spiro atoms. The standard InChI is InChI=1S/C13H7NOS/c1-2-4-12-8(3-1)9-5-10-11(15-7-14-10)6-13(9)16-12/h1-7H. The van der Waals surface area contributed by atoms with Crippen molar-refractivity contribution < 1.29 is 4.42 Å². The van der Waals surface area contributed by atoms with Crippen molar-refractivity contribution in [1.82, 2.24) is 4.98 Å². The molecule has 3 heteroatoms. The van der Waals surface area contributed by atoms with Gasteiger partial charge in [0.2, 0.25) is 0 Å². The third-order valence-electron chi connectivity index (χ3n) is 2.83. The maximum atomic E-state index is 5.32. The summed E-state index contributed by atoms with van der Waals surface area (Å²) in [6.07, 6.45) is 1.50. The number of benzene rings is 2. The fourth-order valence-corrected chi connectivity index (χ4v) is 3.19. The summed E-state index contributed by atoms with van der Waals surface area (Å²) in [5.41, 5.74) is 1.79. The molecule has 0 N–H and O–H groups in total. The highest BCUT2D eigenvalue weighted by Crippen LogP contribution is 2.35. The number of aromatic nitrogens is 1. The first-order valence-corrected chi connectivity index (χ1v) is 5.88. The van der Waals surface area contributed by atoms with E-state index >= 15 is 0 Å². The van der Waals surface area contributed by atoms with Crippen molar-refractivity contribution >= 4 is 42.6 Å². The third kappa shape index (κ3) is 0.981. The fraction of sp³-hybridized carbons (Fsp3) is 0. The molecule has 0 aliphatic heterocycles. The topological polar surface area (TPSA) is 26.0 Å². The van der Waals surface area contributed by atoms with Crippen LogP contribution in [0.25, 0.3) is 31.3 Å². The first kappa shape index (κ1) is 8.30. The zero-order chi connectivity index (χ0) is 10.5. The highest BCUT2D eigenvalue weighted by molar-refractivity contribution is 7.25. The lowest BCUT2D eigenvalue weighted by Crippen LogP contribution is -1.68. The van der Waals surface area contributed by atoms with Crippen LogP contribution >= 0.6 is 11.3 Å². The molecule has 0 saturated heterocycles. The minimum atomic E-state index is 0.860. The molecule has 0 unspecified atom stereocenters. The molecule has 0 aliphatic rings. The zero-order valence-corrected chi connectivity index (χ0v) is 9.12. The minimum Gasteiger partial charge on any atom is -0.443 e. The Hall–Kier alpha value is -1.87. The van der Waals surface area contributed by atoms with Crippen LogP contribution in [0.5, 0.6) is 0 Å². The van der Waals surface area contributed by atoms with E-state index in [2.05, 4.69) is 41.4 Å². The molecule has 16 heavy (non-hydrogen) atoms. The molecule has 0 atom stereocenters. The smallest absolute Gasteiger partial charge is 0.181 e. The summed E-state index contributed by atoms with van der Waals surface area (Å²) in [5, 5.41) is 2.56. The van der Waals surface area contributed by atoms with Crippen molar-refractivity contribution in [3.8, 4) is 0 Å². The van der Waals surface area contributed by atoms with Crippen molar-refractivity contribution in [2.45, 2.75) is 0 Å². The molecule has 2 nitrogen and oxygen atoms in total. The van der Waals surface area contributed by atoms with Gasteiger partial charge in [0.15, 0.2) is 12.0 Å². The van der Waals surface area contributed by atoms with Crippen LogP contribution in [0.15, 0.2) is 47.2 Å². The Balaban J connectivity index is 2.32. The summed E-state index contributed by atoms with van der Waals surface area (Å²) in [6, 6.07) is 12.6. The monoisotopic (exact) mass is 225 g/mol. The van der Waals surface area contributed by atoms with Gasteiger partial charge in [-0.15, -0.1) is 11.3 Å². The number of rotatable bonds is 0. The number of oxazole rings is 1. The summed E-state index contributed by atoms with van der Waals surface area (Å²) >= 11 is 1.79. The normalized spacial score (nSPS) is 11.8. The van der Waals surface area contributed by atoms with Crippen LogP contribution in [0, 0.1) is 0 Å². The molecule has 2 aromatic heterocycles. The van der Waals surface area contributed by atoms with E-state index in [4.69, 9.17) is 4.42 Å². The van der Waals surface area contributed by atoms with E-state index in [9.17, 15) is 0 Å². The molecular weight excluding hydrogens is 218 g/mol. The lowest BCUT2D eigenvalue weighted by molar-refractivity contribution is 0.602. The quantitative estimate of drug-likeness (QED) is 0.448. The molecule has 0 saturated carbocycles. The van der Waals surface area contributed by atoms with Gasteiger partial charge in [0.25, 0.3) is 0 Å². The number of nitrogens with zero attached hydrogens (tertiary/aromatic N) is 1. The third-order valence-corrected chi connectivity index (χ3v) is 3.96. The van der Waals surface area contributed by atoms with Gasteiger partial charge < -0.3 is 4.42 Å². The average molecular weight is 225 g/mol.